The Bertz CT molecular complexity index is 1020. The number of rotatable bonds is 8. The van der Waals surface area contributed by atoms with Gasteiger partial charge in [-0.2, -0.15) is 0 Å². The molecule has 0 atom stereocenters. The van der Waals surface area contributed by atoms with E-state index in [0.717, 1.165) is 35.4 Å². The Morgan fingerprint density at radius 3 is 2.69 bits per heavy atom. The summed E-state index contributed by atoms with van der Waals surface area (Å²) in [6, 6.07) is 6.13. The van der Waals surface area contributed by atoms with Crippen molar-refractivity contribution >= 4 is 15.9 Å². The molecule has 8 heteroatoms. The third kappa shape index (κ3) is 4.94. The minimum atomic E-state index is -3.63. The predicted octanol–water partition coefficient (Wildman–Crippen LogP) is 2.67. The summed E-state index contributed by atoms with van der Waals surface area (Å²) >= 11 is 0. The van der Waals surface area contributed by atoms with Gasteiger partial charge in [-0.1, -0.05) is 6.07 Å². The molecule has 1 N–H and O–H groups in total. The highest BCUT2D eigenvalue weighted by molar-refractivity contribution is 7.89. The van der Waals surface area contributed by atoms with Crippen LogP contribution < -0.4 is 9.46 Å². The van der Waals surface area contributed by atoms with Crippen molar-refractivity contribution in [2.45, 2.75) is 38.1 Å². The number of carbonyl (C=O) groups excluding carboxylic acids is 1. The first-order valence-electron chi connectivity index (χ1n) is 9.57. The van der Waals surface area contributed by atoms with E-state index in [-0.39, 0.29) is 17.3 Å². The van der Waals surface area contributed by atoms with Gasteiger partial charge in [-0.05, 0) is 50.8 Å². The van der Waals surface area contributed by atoms with Crippen LogP contribution in [0.5, 0.6) is 5.75 Å². The molecular weight excluding hydrogens is 390 g/mol. The predicted molar refractivity (Wildman–Crippen MR) is 110 cm³/mol. The van der Waals surface area contributed by atoms with Crippen LogP contribution in [0.3, 0.4) is 0 Å². The number of methoxy groups -OCH3 is 1. The van der Waals surface area contributed by atoms with Crippen molar-refractivity contribution in [1.82, 2.24) is 14.6 Å². The molecule has 7 nitrogen and oxygen atoms in total. The number of aromatic nitrogens is 1. The molecule has 0 unspecified atom stereocenters. The number of aryl methyl sites for hydroxylation is 1. The average molecular weight is 418 g/mol. The number of pyridine rings is 1. The van der Waals surface area contributed by atoms with Crippen molar-refractivity contribution in [3.63, 3.8) is 0 Å². The summed E-state index contributed by atoms with van der Waals surface area (Å²) < 4.78 is 33.0. The molecule has 1 aliphatic carbocycles. The zero-order chi connectivity index (χ0) is 21.2. The Labute approximate surface area is 172 Å². The van der Waals surface area contributed by atoms with Crippen LogP contribution in [0.2, 0.25) is 0 Å². The quantitative estimate of drug-likeness (QED) is 0.713. The maximum absolute atomic E-state index is 12.9. The Balaban J connectivity index is 1.76. The zero-order valence-electron chi connectivity index (χ0n) is 17.2. The van der Waals surface area contributed by atoms with Crippen LogP contribution in [0.15, 0.2) is 35.4 Å². The maximum atomic E-state index is 12.9. The summed E-state index contributed by atoms with van der Waals surface area (Å²) in [6.45, 7) is 4.56. The molecule has 0 saturated heterocycles. The minimum absolute atomic E-state index is 0.101. The summed E-state index contributed by atoms with van der Waals surface area (Å²) in [7, 11) is -0.349. The van der Waals surface area contributed by atoms with Gasteiger partial charge in [-0.15, -0.1) is 0 Å². The van der Waals surface area contributed by atoms with Crippen LogP contribution in [0.4, 0.5) is 0 Å². The van der Waals surface area contributed by atoms with Gasteiger partial charge in [-0.3, -0.25) is 9.78 Å². The maximum Gasteiger partial charge on any atom is 0.253 e. The van der Waals surface area contributed by atoms with E-state index in [0.29, 0.717) is 18.0 Å². The second-order valence-corrected chi connectivity index (χ2v) is 9.30. The second-order valence-electron chi connectivity index (χ2n) is 7.53. The van der Waals surface area contributed by atoms with E-state index < -0.39 is 10.0 Å². The molecule has 0 spiro atoms. The van der Waals surface area contributed by atoms with E-state index in [1.54, 1.807) is 32.5 Å². The second kappa shape index (κ2) is 8.51. The topological polar surface area (TPSA) is 88.6 Å². The standard InChI is InChI=1S/C21H27N3O4S/c1-14-11-22-19(15(2)20(14)28-4)13-24(3)21(25)17-6-5-7-18(10-17)29(26,27)23-12-16-8-9-16/h5-7,10-11,16,23H,8-9,12-13H2,1-4H3. The number of nitrogens with one attached hydrogen (secondary N) is 1. The van der Waals surface area contributed by atoms with Gasteiger partial charge in [0.25, 0.3) is 5.91 Å². The lowest BCUT2D eigenvalue weighted by Gasteiger charge is -2.20. The van der Waals surface area contributed by atoms with Crippen molar-refractivity contribution in [1.29, 1.82) is 0 Å². The van der Waals surface area contributed by atoms with Crippen molar-refractivity contribution in [2.24, 2.45) is 5.92 Å². The Hall–Kier alpha value is -2.45. The van der Waals surface area contributed by atoms with Gasteiger partial charge in [0.1, 0.15) is 5.75 Å². The Morgan fingerprint density at radius 2 is 2.03 bits per heavy atom. The first-order valence-corrected chi connectivity index (χ1v) is 11.1. The van der Waals surface area contributed by atoms with E-state index in [1.807, 2.05) is 13.8 Å². The van der Waals surface area contributed by atoms with Gasteiger partial charge in [0.2, 0.25) is 10.0 Å². The minimum Gasteiger partial charge on any atom is -0.496 e. The Kier molecular flexibility index (Phi) is 6.24. The SMILES string of the molecule is COc1c(C)cnc(CN(C)C(=O)c2cccc(S(=O)(=O)NCC3CC3)c2)c1C. The van der Waals surface area contributed by atoms with Crippen LogP contribution in [0.1, 0.15) is 40.0 Å². The van der Waals surface area contributed by atoms with Gasteiger partial charge < -0.3 is 9.64 Å². The number of carbonyl (C=O) groups is 1. The Morgan fingerprint density at radius 1 is 1.31 bits per heavy atom. The molecule has 1 saturated carbocycles. The monoisotopic (exact) mass is 417 g/mol. The lowest BCUT2D eigenvalue weighted by atomic mass is 10.1. The summed E-state index contributed by atoms with van der Waals surface area (Å²) in [5.41, 5.74) is 2.86. The molecule has 1 amide bonds. The number of benzene rings is 1. The van der Waals surface area contributed by atoms with Gasteiger partial charge in [0.05, 0.1) is 24.2 Å². The molecule has 3 rings (SSSR count). The summed E-state index contributed by atoms with van der Waals surface area (Å²) in [6.07, 6.45) is 3.84. The zero-order valence-corrected chi connectivity index (χ0v) is 18.0. The van der Waals surface area contributed by atoms with Crippen LogP contribution in [0.25, 0.3) is 0 Å². The van der Waals surface area contributed by atoms with Crippen LogP contribution in [-0.4, -0.2) is 44.9 Å². The van der Waals surface area contributed by atoms with Crippen LogP contribution >= 0.6 is 0 Å². The van der Waals surface area contributed by atoms with E-state index in [4.69, 9.17) is 4.74 Å². The first kappa shape index (κ1) is 21.3. The number of sulfonamides is 1. The van der Waals surface area contributed by atoms with Gasteiger partial charge in [-0.25, -0.2) is 13.1 Å². The van der Waals surface area contributed by atoms with E-state index in [9.17, 15) is 13.2 Å². The van der Waals surface area contributed by atoms with Crippen LogP contribution in [0, 0.1) is 19.8 Å². The summed E-state index contributed by atoms with van der Waals surface area (Å²) in [4.78, 5) is 18.9. The molecule has 1 aliphatic rings. The number of nitrogens with zero attached hydrogens (tertiary/aromatic N) is 2. The number of ether oxygens (including phenoxy) is 1. The molecule has 156 valence electrons. The van der Waals surface area contributed by atoms with E-state index >= 15 is 0 Å². The fourth-order valence-corrected chi connectivity index (χ4v) is 4.34. The highest BCUT2D eigenvalue weighted by atomic mass is 32.2. The lowest BCUT2D eigenvalue weighted by molar-refractivity contribution is 0.0783. The molecule has 0 radical (unpaired) electrons. The molecule has 29 heavy (non-hydrogen) atoms. The fourth-order valence-electron chi connectivity index (χ4n) is 3.18. The van der Waals surface area contributed by atoms with Crippen molar-refractivity contribution in [2.75, 3.05) is 20.7 Å². The number of hydrogen-bond acceptors (Lipinski definition) is 5. The number of amides is 1. The van der Waals surface area contributed by atoms with Crippen molar-refractivity contribution in [3.05, 3.63) is 52.8 Å². The van der Waals surface area contributed by atoms with Gasteiger partial charge in [0.15, 0.2) is 0 Å². The molecule has 1 aromatic carbocycles. The molecule has 1 heterocycles. The number of hydrogen-bond donors (Lipinski definition) is 1. The third-order valence-electron chi connectivity index (χ3n) is 5.13. The molecule has 2 aromatic rings. The van der Waals surface area contributed by atoms with Gasteiger partial charge >= 0.3 is 0 Å². The van der Waals surface area contributed by atoms with Crippen LogP contribution in [-0.2, 0) is 16.6 Å². The molecule has 1 fully saturated rings. The van der Waals surface area contributed by atoms with Gasteiger partial charge in [0, 0.05) is 36.5 Å². The largest absolute Gasteiger partial charge is 0.496 e. The summed E-state index contributed by atoms with van der Waals surface area (Å²) in [5.74, 6) is 0.915. The average Bonchev–Trinajstić information content (AvgIpc) is 3.53. The van der Waals surface area contributed by atoms with E-state index in [1.165, 1.54) is 17.0 Å². The normalized spacial score (nSPS) is 13.9. The highest BCUT2D eigenvalue weighted by Crippen LogP contribution is 2.28. The molecular formula is C21H27N3O4S. The van der Waals surface area contributed by atoms with Crippen molar-refractivity contribution < 1.29 is 17.9 Å². The molecule has 1 aromatic heterocycles. The molecule has 0 aliphatic heterocycles. The third-order valence-corrected chi connectivity index (χ3v) is 6.55. The molecule has 0 bridgehead atoms. The van der Waals surface area contributed by atoms with E-state index in [2.05, 4.69) is 9.71 Å². The fraction of sp³-hybridized carbons (Fsp3) is 0.429. The van der Waals surface area contributed by atoms with Crippen molar-refractivity contribution in [3.8, 4) is 5.75 Å². The summed E-state index contributed by atoms with van der Waals surface area (Å²) in [5, 5.41) is 0. The smallest absolute Gasteiger partial charge is 0.253 e. The highest BCUT2D eigenvalue weighted by Gasteiger charge is 2.25. The lowest BCUT2D eigenvalue weighted by Crippen LogP contribution is -2.28. The first-order chi connectivity index (χ1) is 13.7.